The first-order valence-corrected chi connectivity index (χ1v) is 13.7. The topological polar surface area (TPSA) is 3.24 Å². The van der Waals surface area contributed by atoms with Gasteiger partial charge in [-0.15, -0.1) is 6.58 Å². The third-order valence-electron chi connectivity index (χ3n) is 6.53. The second kappa shape index (κ2) is 14.0. The van der Waals surface area contributed by atoms with Gasteiger partial charge in [-0.3, -0.25) is 0 Å². The lowest BCUT2D eigenvalue weighted by molar-refractivity contribution is 0.161. The summed E-state index contributed by atoms with van der Waals surface area (Å²) in [4.78, 5) is 2.85. The van der Waals surface area contributed by atoms with Crippen LogP contribution in [0.15, 0.2) is 11.8 Å². The average molecular weight is 366 g/mol. The molecule has 3 atom stereocenters. The molecule has 0 aliphatic carbocycles. The quantitative estimate of drug-likeness (QED) is 0.440. The highest BCUT2D eigenvalue weighted by molar-refractivity contribution is 6.66. The highest BCUT2D eigenvalue weighted by Crippen LogP contribution is 2.24. The molecule has 0 N–H and O–H groups in total. The van der Waals surface area contributed by atoms with Gasteiger partial charge in [-0.1, -0.05) is 88.9 Å². The van der Waals surface area contributed by atoms with Gasteiger partial charge in [0, 0.05) is 6.04 Å². The van der Waals surface area contributed by atoms with Gasteiger partial charge in [0.1, 0.15) is 0 Å². The lowest BCUT2D eigenvalue weighted by Gasteiger charge is -2.35. The molecule has 25 heavy (non-hydrogen) atoms. The SMILES string of the molecule is C=C(C)[SiH](CCC)CC(C)C(C)N1CCCCCCCCCCCC1. The molecule has 1 fully saturated rings. The summed E-state index contributed by atoms with van der Waals surface area (Å²) in [5.74, 6) is 0.829. The fraction of sp³-hybridized carbons (Fsp3) is 0.913. The van der Waals surface area contributed by atoms with E-state index in [-0.39, 0.29) is 0 Å². The van der Waals surface area contributed by atoms with E-state index < -0.39 is 8.80 Å². The van der Waals surface area contributed by atoms with Gasteiger partial charge in [-0.2, -0.15) is 0 Å². The first kappa shape index (κ1) is 23.0. The van der Waals surface area contributed by atoms with Crippen LogP contribution in [0.1, 0.15) is 98.3 Å². The van der Waals surface area contributed by atoms with Gasteiger partial charge in [0.05, 0.1) is 8.80 Å². The Morgan fingerprint density at radius 1 is 0.880 bits per heavy atom. The summed E-state index contributed by atoms with van der Waals surface area (Å²) in [6.07, 6.45) is 15.8. The summed E-state index contributed by atoms with van der Waals surface area (Å²) >= 11 is 0. The van der Waals surface area contributed by atoms with Crippen LogP contribution in [0, 0.1) is 5.92 Å². The van der Waals surface area contributed by atoms with Gasteiger partial charge in [-0.05, 0) is 45.7 Å². The third-order valence-corrected chi connectivity index (χ3v) is 10.5. The highest BCUT2D eigenvalue weighted by Gasteiger charge is 2.23. The van der Waals surface area contributed by atoms with E-state index in [1.165, 1.54) is 101 Å². The molecule has 0 spiro atoms. The number of allylic oxidation sites excluding steroid dienone is 1. The lowest BCUT2D eigenvalue weighted by atomic mass is 10.0. The van der Waals surface area contributed by atoms with E-state index in [0.717, 1.165) is 12.0 Å². The van der Waals surface area contributed by atoms with Crippen molar-refractivity contribution in [1.82, 2.24) is 4.90 Å². The van der Waals surface area contributed by atoms with Crippen LogP contribution in [0.25, 0.3) is 0 Å². The van der Waals surface area contributed by atoms with E-state index in [2.05, 4.69) is 39.2 Å². The van der Waals surface area contributed by atoms with Crippen LogP contribution in [0.2, 0.25) is 12.1 Å². The summed E-state index contributed by atoms with van der Waals surface area (Å²) in [5.41, 5.74) is 0. The van der Waals surface area contributed by atoms with Crippen molar-refractivity contribution < 1.29 is 0 Å². The molecule has 1 heterocycles. The maximum absolute atomic E-state index is 4.33. The van der Waals surface area contributed by atoms with Crippen molar-refractivity contribution in [2.75, 3.05) is 13.1 Å². The summed E-state index contributed by atoms with van der Waals surface area (Å²) in [5, 5.41) is 1.53. The van der Waals surface area contributed by atoms with Gasteiger partial charge < -0.3 is 4.90 Å². The Morgan fingerprint density at radius 2 is 1.32 bits per heavy atom. The van der Waals surface area contributed by atoms with Crippen molar-refractivity contribution in [2.45, 2.75) is 116 Å². The Bertz CT molecular complexity index is 327. The van der Waals surface area contributed by atoms with Crippen molar-refractivity contribution in [1.29, 1.82) is 0 Å². The molecule has 1 aliphatic rings. The average Bonchev–Trinajstić information content (AvgIpc) is 2.61. The van der Waals surface area contributed by atoms with E-state index in [0.29, 0.717) is 0 Å². The summed E-state index contributed by atoms with van der Waals surface area (Å²) in [6, 6.07) is 3.66. The van der Waals surface area contributed by atoms with E-state index >= 15 is 0 Å². The van der Waals surface area contributed by atoms with E-state index in [1.54, 1.807) is 0 Å². The predicted molar refractivity (Wildman–Crippen MR) is 118 cm³/mol. The van der Waals surface area contributed by atoms with Crippen LogP contribution >= 0.6 is 0 Å². The maximum atomic E-state index is 4.33. The first-order valence-electron chi connectivity index (χ1n) is 11.5. The molecule has 0 bridgehead atoms. The Kier molecular flexibility index (Phi) is 12.9. The summed E-state index contributed by atoms with van der Waals surface area (Å²) in [6.45, 7) is 16.7. The molecule has 0 aromatic carbocycles. The fourth-order valence-corrected chi connectivity index (χ4v) is 7.60. The molecule has 0 aromatic rings. The third kappa shape index (κ3) is 9.99. The van der Waals surface area contributed by atoms with E-state index in [9.17, 15) is 0 Å². The van der Waals surface area contributed by atoms with E-state index in [4.69, 9.17) is 0 Å². The zero-order valence-electron chi connectivity index (χ0n) is 18.0. The van der Waals surface area contributed by atoms with Crippen molar-refractivity contribution in [2.24, 2.45) is 5.92 Å². The Balaban J connectivity index is 2.55. The van der Waals surface area contributed by atoms with Crippen molar-refractivity contribution in [3.63, 3.8) is 0 Å². The molecular weight excluding hydrogens is 318 g/mol. The molecule has 1 nitrogen and oxygen atoms in total. The summed E-state index contributed by atoms with van der Waals surface area (Å²) in [7, 11) is -0.752. The first-order chi connectivity index (χ1) is 12.1. The van der Waals surface area contributed by atoms with Crippen LogP contribution in [-0.4, -0.2) is 32.8 Å². The Morgan fingerprint density at radius 3 is 1.72 bits per heavy atom. The van der Waals surface area contributed by atoms with Crippen molar-refractivity contribution >= 4 is 8.80 Å². The molecule has 0 amide bonds. The van der Waals surface area contributed by atoms with Crippen LogP contribution in [0.3, 0.4) is 0 Å². The van der Waals surface area contributed by atoms with Crippen molar-refractivity contribution in [3.8, 4) is 0 Å². The number of nitrogens with zero attached hydrogens (tertiary/aromatic N) is 1. The van der Waals surface area contributed by atoms with Gasteiger partial charge in [0.25, 0.3) is 0 Å². The fourth-order valence-electron chi connectivity index (χ4n) is 4.48. The van der Waals surface area contributed by atoms with Crippen LogP contribution < -0.4 is 0 Å². The second-order valence-electron chi connectivity index (χ2n) is 8.86. The molecule has 0 aromatic heterocycles. The zero-order chi connectivity index (χ0) is 18.5. The molecule has 1 rings (SSSR count). The standard InChI is InChI=1S/C23H47NSi/c1-6-19-25(21(2)3)20-22(4)23(5)24-17-15-13-11-9-7-8-10-12-14-16-18-24/h22-23,25H,2,6-20H2,1,3-5H3. The largest absolute Gasteiger partial charge is 0.300 e. The van der Waals surface area contributed by atoms with Gasteiger partial charge in [0.2, 0.25) is 0 Å². The second-order valence-corrected chi connectivity index (χ2v) is 12.3. The number of rotatable bonds is 7. The minimum Gasteiger partial charge on any atom is -0.300 e. The maximum Gasteiger partial charge on any atom is 0.0648 e. The van der Waals surface area contributed by atoms with Crippen LogP contribution in [-0.2, 0) is 0 Å². The monoisotopic (exact) mass is 365 g/mol. The zero-order valence-corrected chi connectivity index (χ0v) is 19.1. The minimum atomic E-state index is -0.752. The molecule has 3 unspecified atom stereocenters. The normalized spacial score (nSPS) is 22.9. The van der Waals surface area contributed by atoms with Gasteiger partial charge >= 0.3 is 0 Å². The molecule has 1 saturated heterocycles. The lowest BCUT2D eigenvalue weighted by Crippen LogP contribution is -2.40. The molecule has 0 radical (unpaired) electrons. The Labute approximate surface area is 161 Å². The van der Waals surface area contributed by atoms with Gasteiger partial charge in [0.15, 0.2) is 0 Å². The minimum absolute atomic E-state index is 0.747. The number of hydrogen-bond donors (Lipinski definition) is 0. The number of hydrogen-bond acceptors (Lipinski definition) is 1. The molecular formula is C23H47NSi. The van der Waals surface area contributed by atoms with Crippen molar-refractivity contribution in [3.05, 3.63) is 11.8 Å². The molecule has 148 valence electrons. The molecule has 1 aliphatic heterocycles. The van der Waals surface area contributed by atoms with E-state index in [1.807, 2.05) is 0 Å². The predicted octanol–water partition coefficient (Wildman–Crippen LogP) is 6.98. The molecule has 2 heteroatoms. The highest BCUT2D eigenvalue weighted by atomic mass is 28.3. The van der Waals surface area contributed by atoms with Crippen LogP contribution in [0.4, 0.5) is 0 Å². The molecule has 0 saturated carbocycles. The summed E-state index contributed by atoms with van der Waals surface area (Å²) < 4.78 is 0. The Hall–Kier alpha value is -0.0831. The van der Waals surface area contributed by atoms with Crippen LogP contribution in [0.5, 0.6) is 0 Å². The van der Waals surface area contributed by atoms with Gasteiger partial charge in [-0.25, -0.2) is 0 Å². The smallest absolute Gasteiger partial charge is 0.0648 e.